The largest absolute Gasteiger partial charge is 0.404 e. The number of rotatable bonds is 10. The topological polar surface area (TPSA) is 175 Å². The number of aromatic nitrogens is 2. The SMILES string of the molecule is CC1CN(c2ccc3ncc(C(C=NC4CC(CCCNc5ccc6c(c5)C(=O)N(C5CCC(=O)NC5=O)C6=O)C4)=CN)nc3c2)CCN1. The summed E-state index contributed by atoms with van der Waals surface area (Å²) in [6, 6.07) is 11.0. The van der Waals surface area contributed by atoms with Gasteiger partial charge in [-0.3, -0.25) is 39.4 Å². The fourth-order valence-corrected chi connectivity index (χ4v) is 7.15. The minimum absolute atomic E-state index is 0.0922. The lowest BCUT2D eigenvalue weighted by Gasteiger charge is -2.33. The van der Waals surface area contributed by atoms with Crippen LogP contribution in [0.2, 0.25) is 0 Å². The first kappa shape index (κ1) is 32.4. The van der Waals surface area contributed by atoms with E-state index in [2.05, 4.69) is 44.9 Å². The van der Waals surface area contributed by atoms with Gasteiger partial charge in [-0.15, -0.1) is 0 Å². The molecule has 1 aromatic heterocycles. The summed E-state index contributed by atoms with van der Waals surface area (Å²) in [4.78, 5) is 67.5. The number of benzene rings is 2. The van der Waals surface area contributed by atoms with Crippen molar-refractivity contribution < 1.29 is 19.2 Å². The second-order valence-corrected chi connectivity index (χ2v) is 13.4. The van der Waals surface area contributed by atoms with E-state index >= 15 is 0 Å². The number of allylic oxidation sites excluding steroid dienone is 1. The zero-order chi connectivity index (χ0) is 34.1. The summed E-state index contributed by atoms with van der Waals surface area (Å²) in [5, 5.41) is 9.06. The molecule has 1 aliphatic carbocycles. The van der Waals surface area contributed by atoms with E-state index in [1.165, 1.54) is 6.20 Å². The molecule has 1 saturated carbocycles. The number of aliphatic imine (C=N–C) groups is 1. The summed E-state index contributed by atoms with van der Waals surface area (Å²) in [6.07, 6.45) is 9.35. The Morgan fingerprint density at radius 1 is 1.08 bits per heavy atom. The van der Waals surface area contributed by atoms with E-state index in [1.54, 1.807) is 24.4 Å². The lowest BCUT2D eigenvalue weighted by atomic mass is 9.78. The van der Waals surface area contributed by atoms with Crippen LogP contribution in [0.4, 0.5) is 11.4 Å². The van der Waals surface area contributed by atoms with Crippen molar-refractivity contribution in [3.05, 3.63) is 65.6 Å². The van der Waals surface area contributed by atoms with Gasteiger partial charge >= 0.3 is 0 Å². The Hall–Kier alpha value is -5.17. The van der Waals surface area contributed by atoms with E-state index in [4.69, 9.17) is 15.7 Å². The van der Waals surface area contributed by atoms with Crippen molar-refractivity contribution in [2.45, 2.75) is 63.6 Å². The monoisotopic (exact) mass is 663 g/mol. The Morgan fingerprint density at radius 2 is 1.92 bits per heavy atom. The van der Waals surface area contributed by atoms with Crippen LogP contribution in [0.1, 0.15) is 71.9 Å². The average molecular weight is 664 g/mol. The van der Waals surface area contributed by atoms with E-state index in [1.807, 2.05) is 12.3 Å². The van der Waals surface area contributed by atoms with Gasteiger partial charge < -0.3 is 21.3 Å². The second kappa shape index (κ2) is 13.7. The fourth-order valence-electron chi connectivity index (χ4n) is 7.15. The molecular weight excluding hydrogens is 622 g/mol. The summed E-state index contributed by atoms with van der Waals surface area (Å²) in [5.41, 5.74) is 11.6. The molecule has 4 heterocycles. The molecule has 0 bridgehead atoms. The van der Waals surface area contributed by atoms with E-state index < -0.39 is 29.7 Å². The van der Waals surface area contributed by atoms with Gasteiger partial charge in [0.2, 0.25) is 11.8 Å². The smallest absolute Gasteiger partial charge is 0.262 e. The third-order valence-electron chi connectivity index (χ3n) is 9.93. The maximum absolute atomic E-state index is 13.1. The van der Waals surface area contributed by atoms with Crippen molar-refractivity contribution in [1.29, 1.82) is 0 Å². The van der Waals surface area contributed by atoms with Crippen molar-refractivity contribution in [2.75, 3.05) is 36.4 Å². The van der Waals surface area contributed by atoms with Gasteiger partial charge in [-0.2, -0.15) is 0 Å². The molecule has 2 unspecified atom stereocenters. The van der Waals surface area contributed by atoms with Gasteiger partial charge in [0.15, 0.2) is 0 Å². The number of carbonyl (C=O) groups excluding carboxylic acids is 4. The van der Waals surface area contributed by atoms with Crippen LogP contribution in [0.3, 0.4) is 0 Å². The zero-order valence-electron chi connectivity index (χ0n) is 27.5. The highest BCUT2D eigenvalue weighted by molar-refractivity contribution is 6.23. The van der Waals surface area contributed by atoms with Gasteiger partial charge in [0, 0.05) is 68.0 Å². The molecule has 2 aromatic carbocycles. The molecule has 2 saturated heterocycles. The molecule has 0 spiro atoms. The van der Waals surface area contributed by atoms with Crippen molar-refractivity contribution >= 4 is 57.8 Å². The minimum Gasteiger partial charge on any atom is -0.404 e. The quantitative estimate of drug-likeness (QED) is 0.143. The Labute approximate surface area is 284 Å². The summed E-state index contributed by atoms with van der Waals surface area (Å²) in [5.74, 6) is -1.43. The number of imide groups is 2. The maximum atomic E-state index is 13.1. The number of carbonyl (C=O) groups is 4. The number of hydrogen-bond donors (Lipinski definition) is 4. The average Bonchev–Trinajstić information content (AvgIpc) is 3.32. The van der Waals surface area contributed by atoms with Crippen LogP contribution in [-0.4, -0.2) is 89.0 Å². The molecule has 13 nitrogen and oxygen atoms in total. The van der Waals surface area contributed by atoms with Gasteiger partial charge in [-0.25, -0.2) is 4.98 Å². The predicted molar refractivity (Wildman–Crippen MR) is 187 cm³/mol. The molecule has 3 aromatic rings. The molecule has 4 aliphatic rings. The molecule has 254 valence electrons. The fraction of sp³-hybridized carbons (Fsp3) is 0.417. The van der Waals surface area contributed by atoms with Crippen LogP contribution in [0.15, 0.2) is 53.8 Å². The first-order valence-electron chi connectivity index (χ1n) is 17.1. The highest BCUT2D eigenvalue weighted by Crippen LogP contribution is 2.34. The van der Waals surface area contributed by atoms with Crippen LogP contribution in [0.25, 0.3) is 16.6 Å². The first-order chi connectivity index (χ1) is 23.8. The van der Waals surface area contributed by atoms with Crippen LogP contribution >= 0.6 is 0 Å². The standard InChI is InChI=1S/C36H41N9O4/c1-21-20-44(12-11-38-21)26-5-7-29-30(16-26)42-31(19-41-29)23(17-37)18-40-25-13-22(14-25)3-2-10-39-24-4-6-27-28(15-24)36(49)45(35(27)48)32-8-9-33(46)43-34(32)47/h4-7,15-19,21-22,25,32,38-39H,2-3,8-14,20,37H2,1H3,(H,43,46,47). The highest BCUT2D eigenvalue weighted by atomic mass is 16.2. The zero-order valence-corrected chi connectivity index (χ0v) is 27.5. The predicted octanol–water partition coefficient (Wildman–Crippen LogP) is 2.87. The number of nitrogens with two attached hydrogens (primary N) is 1. The number of piperidine rings is 1. The summed E-state index contributed by atoms with van der Waals surface area (Å²) in [6.45, 7) is 5.78. The van der Waals surface area contributed by atoms with Gasteiger partial charge in [0.1, 0.15) is 6.04 Å². The summed E-state index contributed by atoms with van der Waals surface area (Å²) < 4.78 is 0. The third kappa shape index (κ3) is 6.75. The van der Waals surface area contributed by atoms with Crippen LogP contribution in [-0.2, 0) is 9.59 Å². The molecule has 13 heteroatoms. The van der Waals surface area contributed by atoms with Crippen LogP contribution in [0.5, 0.6) is 0 Å². The van der Waals surface area contributed by atoms with Gasteiger partial charge in [-0.1, -0.05) is 0 Å². The number of fused-ring (bicyclic) bond motifs is 2. The number of amides is 4. The normalized spacial score (nSPS) is 24.4. The first-order valence-corrected chi connectivity index (χ1v) is 17.1. The molecular formula is C36H41N9O4. The lowest BCUT2D eigenvalue weighted by molar-refractivity contribution is -0.136. The number of nitrogens with one attached hydrogen (secondary N) is 3. The molecule has 4 amide bonds. The second-order valence-electron chi connectivity index (χ2n) is 13.4. The number of anilines is 2. The maximum Gasteiger partial charge on any atom is 0.262 e. The van der Waals surface area contributed by atoms with Gasteiger partial charge in [0.05, 0.1) is 40.1 Å². The Kier molecular flexibility index (Phi) is 9.09. The molecule has 3 fully saturated rings. The van der Waals surface area contributed by atoms with Crippen molar-refractivity contribution in [3.8, 4) is 0 Å². The number of nitrogens with zero attached hydrogens (tertiary/aromatic N) is 5. The molecule has 3 aliphatic heterocycles. The van der Waals surface area contributed by atoms with Crippen molar-refractivity contribution in [1.82, 2.24) is 25.5 Å². The van der Waals surface area contributed by atoms with E-state index in [0.717, 1.165) is 84.7 Å². The number of piperazine rings is 1. The van der Waals surface area contributed by atoms with Gasteiger partial charge in [-0.05, 0) is 81.3 Å². The highest BCUT2D eigenvalue weighted by Gasteiger charge is 2.44. The van der Waals surface area contributed by atoms with Crippen LogP contribution < -0.4 is 26.6 Å². The third-order valence-corrected chi connectivity index (χ3v) is 9.93. The number of hydrogen-bond acceptors (Lipinski definition) is 11. The van der Waals surface area contributed by atoms with Crippen LogP contribution in [0, 0.1) is 5.92 Å². The Morgan fingerprint density at radius 3 is 2.71 bits per heavy atom. The molecule has 2 atom stereocenters. The summed E-state index contributed by atoms with van der Waals surface area (Å²) >= 11 is 0. The van der Waals surface area contributed by atoms with E-state index in [9.17, 15) is 19.2 Å². The molecule has 0 radical (unpaired) electrons. The Bertz CT molecular complexity index is 1870. The lowest BCUT2D eigenvalue weighted by Crippen LogP contribution is -2.54. The Balaban J connectivity index is 0.873. The van der Waals surface area contributed by atoms with Crippen molar-refractivity contribution in [3.63, 3.8) is 0 Å². The minimum atomic E-state index is -0.970. The van der Waals surface area contributed by atoms with Gasteiger partial charge in [0.25, 0.3) is 11.8 Å². The van der Waals surface area contributed by atoms with Crippen molar-refractivity contribution in [2.24, 2.45) is 16.6 Å². The molecule has 7 rings (SSSR count). The molecule has 5 N–H and O–H groups in total. The van der Waals surface area contributed by atoms with E-state index in [0.29, 0.717) is 17.7 Å². The molecule has 49 heavy (non-hydrogen) atoms. The summed E-state index contributed by atoms with van der Waals surface area (Å²) in [7, 11) is 0. The van der Waals surface area contributed by atoms with E-state index in [-0.39, 0.29) is 30.0 Å².